The predicted octanol–water partition coefficient (Wildman–Crippen LogP) is 2.58. The van der Waals surface area contributed by atoms with Crippen LogP contribution in [0.4, 0.5) is 0 Å². The number of benzene rings is 1. The summed E-state index contributed by atoms with van der Waals surface area (Å²) in [6.07, 6.45) is 1.97. The van der Waals surface area contributed by atoms with E-state index >= 15 is 0 Å². The molecule has 0 unspecified atom stereocenters. The molecule has 0 amide bonds. The van der Waals surface area contributed by atoms with Gasteiger partial charge in [0.1, 0.15) is 0 Å². The molecule has 1 aliphatic rings. The summed E-state index contributed by atoms with van der Waals surface area (Å²) in [6.45, 7) is 1.98. The van der Waals surface area contributed by atoms with Gasteiger partial charge in [0.05, 0.1) is 17.6 Å². The Hall–Kier alpha value is -1.13. The third-order valence-electron chi connectivity index (χ3n) is 2.87. The van der Waals surface area contributed by atoms with Crippen molar-refractivity contribution < 1.29 is 0 Å². The highest BCUT2D eigenvalue weighted by atomic mass is 79.9. The summed E-state index contributed by atoms with van der Waals surface area (Å²) < 4.78 is 3.12. The van der Waals surface area contributed by atoms with Crippen molar-refractivity contribution >= 4 is 15.9 Å². The van der Waals surface area contributed by atoms with Crippen molar-refractivity contribution in [3.8, 4) is 5.69 Å². The molecule has 1 aromatic heterocycles. The third kappa shape index (κ3) is 1.58. The van der Waals surface area contributed by atoms with Crippen molar-refractivity contribution in [2.75, 3.05) is 7.05 Å². The Morgan fingerprint density at radius 2 is 2.19 bits per heavy atom. The zero-order chi connectivity index (χ0) is 11.1. The molecule has 0 bridgehead atoms. The van der Waals surface area contributed by atoms with E-state index in [0.717, 1.165) is 23.2 Å². The fourth-order valence-electron chi connectivity index (χ4n) is 2.14. The van der Waals surface area contributed by atoms with Crippen LogP contribution in [-0.2, 0) is 13.1 Å². The van der Waals surface area contributed by atoms with Gasteiger partial charge in [-0.1, -0.05) is 22.0 Å². The summed E-state index contributed by atoms with van der Waals surface area (Å²) in [6, 6.07) is 8.23. The molecule has 0 fully saturated rings. The van der Waals surface area contributed by atoms with Gasteiger partial charge in [0, 0.05) is 23.1 Å². The summed E-state index contributed by atoms with van der Waals surface area (Å²) in [5.74, 6) is 0. The molecule has 2 aromatic rings. The third-order valence-corrected chi connectivity index (χ3v) is 3.36. The largest absolute Gasteiger partial charge is 0.296 e. The van der Waals surface area contributed by atoms with Crippen molar-refractivity contribution in [2.24, 2.45) is 0 Å². The van der Waals surface area contributed by atoms with Crippen LogP contribution in [0, 0.1) is 0 Å². The fourth-order valence-corrected chi connectivity index (χ4v) is 2.53. The summed E-state index contributed by atoms with van der Waals surface area (Å²) in [7, 11) is 2.13. The highest BCUT2D eigenvalue weighted by Crippen LogP contribution is 2.24. The summed E-state index contributed by atoms with van der Waals surface area (Å²) in [5, 5.41) is 4.45. The molecule has 2 heterocycles. The maximum Gasteiger partial charge on any atom is 0.0660 e. The molecular weight excluding hydrogens is 266 g/mol. The first kappa shape index (κ1) is 10.1. The number of aromatic nitrogens is 2. The molecule has 0 radical (unpaired) electrons. The van der Waals surface area contributed by atoms with Gasteiger partial charge in [-0.3, -0.25) is 4.90 Å². The second-order valence-electron chi connectivity index (χ2n) is 4.18. The van der Waals surface area contributed by atoms with Crippen LogP contribution in [0.25, 0.3) is 5.69 Å². The van der Waals surface area contributed by atoms with Crippen LogP contribution in [0.15, 0.2) is 34.9 Å². The van der Waals surface area contributed by atoms with Gasteiger partial charge in [-0.25, -0.2) is 4.68 Å². The van der Waals surface area contributed by atoms with Crippen LogP contribution < -0.4 is 0 Å². The van der Waals surface area contributed by atoms with Crippen LogP contribution in [-0.4, -0.2) is 21.7 Å². The zero-order valence-corrected chi connectivity index (χ0v) is 10.6. The first-order valence-corrected chi connectivity index (χ1v) is 6.03. The van der Waals surface area contributed by atoms with Gasteiger partial charge < -0.3 is 0 Å². The minimum atomic E-state index is 0.974. The highest BCUT2D eigenvalue weighted by Gasteiger charge is 2.21. The first-order chi connectivity index (χ1) is 7.74. The van der Waals surface area contributed by atoms with Crippen molar-refractivity contribution in [2.45, 2.75) is 13.1 Å². The molecule has 0 atom stereocenters. The van der Waals surface area contributed by atoms with Crippen LogP contribution >= 0.6 is 15.9 Å². The molecule has 0 aliphatic carbocycles. The van der Waals surface area contributed by atoms with E-state index < -0.39 is 0 Å². The summed E-state index contributed by atoms with van der Waals surface area (Å²) in [5.41, 5.74) is 3.76. The quantitative estimate of drug-likeness (QED) is 0.799. The monoisotopic (exact) mass is 277 g/mol. The van der Waals surface area contributed by atoms with Gasteiger partial charge in [0.15, 0.2) is 0 Å². The molecule has 3 nitrogen and oxygen atoms in total. The van der Waals surface area contributed by atoms with Crippen LogP contribution in [0.2, 0.25) is 0 Å². The molecule has 4 heteroatoms. The molecule has 3 rings (SSSR count). The number of nitrogens with zero attached hydrogens (tertiary/aromatic N) is 3. The topological polar surface area (TPSA) is 21.1 Å². The normalized spacial score (nSPS) is 15.4. The first-order valence-electron chi connectivity index (χ1n) is 5.24. The van der Waals surface area contributed by atoms with E-state index in [1.165, 1.54) is 11.3 Å². The van der Waals surface area contributed by atoms with Gasteiger partial charge in [0.2, 0.25) is 0 Å². The highest BCUT2D eigenvalue weighted by molar-refractivity contribution is 9.10. The Bertz CT molecular complexity index is 533. The van der Waals surface area contributed by atoms with Gasteiger partial charge >= 0.3 is 0 Å². The van der Waals surface area contributed by atoms with E-state index in [1.54, 1.807) is 0 Å². The molecule has 1 aromatic carbocycles. The molecule has 1 aliphatic heterocycles. The van der Waals surface area contributed by atoms with Gasteiger partial charge in [-0.15, -0.1) is 0 Å². The molecule has 0 N–H and O–H groups in total. The number of rotatable bonds is 1. The van der Waals surface area contributed by atoms with Crippen molar-refractivity contribution in [1.82, 2.24) is 14.7 Å². The van der Waals surface area contributed by atoms with E-state index in [4.69, 9.17) is 0 Å². The fraction of sp³-hybridized carbons (Fsp3) is 0.250. The van der Waals surface area contributed by atoms with E-state index in [9.17, 15) is 0 Å². The van der Waals surface area contributed by atoms with Gasteiger partial charge in [-0.05, 0) is 25.2 Å². The second kappa shape index (κ2) is 3.71. The summed E-state index contributed by atoms with van der Waals surface area (Å²) in [4.78, 5) is 2.29. The standard InChI is InChI=1S/C12H12BrN3/c1-15-7-9-6-14-16(12(9)8-15)11-4-2-3-10(13)5-11/h2-6H,7-8H2,1H3. The molecule has 82 valence electrons. The molecule has 0 saturated heterocycles. The molecule has 0 spiro atoms. The maximum absolute atomic E-state index is 4.45. The van der Waals surface area contributed by atoms with Crippen LogP contribution in [0.3, 0.4) is 0 Å². The summed E-state index contributed by atoms with van der Waals surface area (Å²) >= 11 is 3.49. The lowest BCUT2D eigenvalue weighted by atomic mass is 10.3. The van der Waals surface area contributed by atoms with Crippen LogP contribution in [0.1, 0.15) is 11.3 Å². The Balaban J connectivity index is 2.08. The average Bonchev–Trinajstić information content (AvgIpc) is 2.76. The average molecular weight is 278 g/mol. The van der Waals surface area contributed by atoms with E-state index in [2.05, 4.69) is 45.1 Å². The minimum absolute atomic E-state index is 0.974. The molecule has 16 heavy (non-hydrogen) atoms. The predicted molar refractivity (Wildman–Crippen MR) is 66.4 cm³/mol. The SMILES string of the molecule is CN1Cc2cnn(-c3cccc(Br)c3)c2C1. The lowest BCUT2D eigenvalue weighted by Crippen LogP contribution is -2.11. The Labute approximate surface area is 103 Å². The van der Waals surface area contributed by atoms with E-state index in [-0.39, 0.29) is 0 Å². The zero-order valence-electron chi connectivity index (χ0n) is 9.02. The number of fused-ring (bicyclic) bond motifs is 1. The van der Waals surface area contributed by atoms with Crippen molar-refractivity contribution in [3.05, 3.63) is 46.2 Å². The number of hydrogen-bond donors (Lipinski definition) is 0. The second-order valence-corrected chi connectivity index (χ2v) is 5.10. The Morgan fingerprint density at radius 3 is 3.00 bits per heavy atom. The maximum atomic E-state index is 4.45. The smallest absolute Gasteiger partial charge is 0.0660 e. The van der Waals surface area contributed by atoms with Gasteiger partial charge in [0.25, 0.3) is 0 Å². The molecule has 0 saturated carbocycles. The van der Waals surface area contributed by atoms with Crippen LogP contribution in [0.5, 0.6) is 0 Å². The lowest BCUT2D eigenvalue weighted by Gasteiger charge is -2.08. The van der Waals surface area contributed by atoms with Crippen molar-refractivity contribution in [3.63, 3.8) is 0 Å². The Kier molecular flexibility index (Phi) is 2.33. The van der Waals surface area contributed by atoms with E-state index in [0.29, 0.717) is 0 Å². The number of halogens is 1. The Morgan fingerprint density at radius 1 is 1.31 bits per heavy atom. The van der Waals surface area contributed by atoms with Gasteiger partial charge in [-0.2, -0.15) is 5.10 Å². The number of hydrogen-bond acceptors (Lipinski definition) is 2. The van der Waals surface area contributed by atoms with Crippen molar-refractivity contribution in [1.29, 1.82) is 0 Å². The van der Waals surface area contributed by atoms with E-state index in [1.807, 2.05) is 23.0 Å². The molecular formula is C12H12BrN3. The minimum Gasteiger partial charge on any atom is -0.296 e. The lowest BCUT2D eigenvalue weighted by molar-refractivity contribution is 0.346.